The first-order valence-corrected chi connectivity index (χ1v) is 7.99. The number of fused-ring (bicyclic) bond motifs is 1. The summed E-state index contributed by atoms with van der Waals surface area (Å²) < 4.78 is 16.0. The number of amides is 1. The minimum absolute atomic E-state index is 0.123. The molecule has 2 N–H and O–H groups in total. The Morgan fingerprint density at radius 1 is 1.18 bits per heavy atom. The predicted molar refractivity (Wildman–Crippen MR) is 96.5 cm³/mol. The SMILES string of the molecule is COC(=O)Nc1nc(O)c2c(cnn2Cc2cc(C(=O)OC)ccc2OC)n1. The molecule has 2 heterocycles. The first kappa shape index (κ1) is 18.9. The van der Waals surface area contributed by atoms with Gasteiger partial charge in [-0.15, -0.1) is 0 Å². The molecule has 3 aromatic rings. The van der Waals surface area contributed by atoms with Crippen molar-refractivity contribution in [2.45, 2.75) is 6.54 Å². The smallest absolute Gasteiger partial charge is 0.413 e. The molecule has 0 unspecified atom stereocenters. The van der Waals surface area contributed by atoms with Crippen molar-refractivity contribution in [3.05, 3.63) is 35.5 Å². The third kappa shape index (κ3) is 3.63. The Labute approximate surface area is 158 Å². The number of anilines is 1. The van der Waals surface area contributed by atoms with Crippen LogP contribution in [0.5, 0.6) is 11.6 Å². The highest BCUT2D eigenvalue weighted by Gasteiger charge is 2.17. The van der Waals surface area contributed by atoms with Gasteiger partial charge in [-0.3, -0.25) is 10.00 Å². The zero-order chi connectivity index (χ0) is 20.3. The second kappa shape index (κ2) is 7.78. The fourth-order valence-corrected chi connectivity index (χ4v) is 2.61. The molecule has 28 heavy (non-hydrogen) atoms. The van der Waals surface area contributed by atoms with Gasteiger partial charge in [0.2, 0.25) is 11.8 Å². The summed E-state index contributed by atoms with van der Waals surface area (Å²) in [6, 6.07) is 4.84. The van der Waals surface area contributed by atoms with Crippen molar-refractivity contribution < 1.29 is 28.9 Å². The van der Waals surface area contributed by atoms with E-state index in [1.807, 2.05) is 0 Å². The monoisotopic (exact) mass is 387 g/mol. The van der Waals surface area contributed by atoms with Crippen molar-refractivity contribution in [2.75, 3.05) is 26.6 Å². The summed E-state index contributed by atoms with van der Waals surface area (Å²) in [6.07, 6.45) is 0.644. The number of methoxy groups -OCH3 is 3. The van der Waals surface area contributed by atoms with Crippen molar-refractivity contribution in [2.24, 2.45) is 0 Å². The molecule has 1 aromatic carbocycles. The summed E-state index contributed by atoms with van der Waals surface area (Å²) in [5, 5.41) is 16.8. The lowest BCUT2D eigenvalue weighted by Crippen LogP contribution is -2.13. The van der Waals surface area contributed by atoms with Gasteiger partial charge in [0.05, 0.1) is 39.6 Å². The number of hydrogen-bond donors (Lipinski definition) is 2. The van der Waals surface area contributed by atoms with Crippen LogP contribution in [-0.4, -0.2) is 58.2 Å². The van der Waals surface area contributed by atoms with Gasteiger partial charge in [-0.05, 0) is 18.2 Å². The van der Waals surface area contributed by atoms with Crippen LogP contribution in [0.15, 0.2) is 24.4 Å². The fraction of sp³-hybridized carbons (Fsp3) is 0.235. The summed E-state index contributed by atoms with van der Waals surface area (Å²) in [6.45, 7) is 0.165. The lowest BCUT2D eigenvalue weighted by atomic mass is 10.1. The second-order valence-electron chi connectivity index (χ2n) is 5.54. The molecule has 0 aliphatic carbocycles. The fourth-order valence-electron chi connectivity index (χ4n) is 2.61. The first-order valence-electron chi connectivity index (χ1n) is 7.99. The Hall–Kier alpha value is -3.89. The van der Waals surface area contributed by atoms with E-state index in [-0.39, 0.29) is 23.9 Å². The Morgan fingerprint density at radius 3 is 2.64 bits per heavy atom. The van der Waals surface area contributed by atoms with Gasteiger partial charge in [-0.1, -0.05) is 0 Å². The molecule has 0 bridgehead atoms. The normalized spacial score (nSPS) is 10.5. The average Bonchev–Trinajstić information content (AvgIpc) is 3.10. The van der Waals surface area contributed by atoms with Crippen LogP contribution in [0.4, 0.5) is 10.7 Å². The van der Waals surface area contributed by atoms with Gasteiger partial charge in [0, 0.05) is 5.56 Å². The van der Waals surface area contributed by atoms with Crippen molar-refractivity contribution >= 4 is 29.0 Å². The van der Waals surface area contributed by atoms with Crippen LogP contribution in [0.3, 0.4) is 0 Å². The molecule has 11 heteroatoms. The van der Waals surface area contributed by atoms with Crippen molar-refractivity contribution in [3.8, 4) is 11.6 Å². The van der Waals surface area contributed by atoms with Crippen LogP contribution in [-0.2, 0) is 16.0 Å². The molecule has 0 aliphatic rings. The number of carbonyl (C=O) groups excluding carboxylic acids is 2. The van der Waals surface area contributed by atoms with Crippen LogP contribution < -0.4 is 10.1 Å². The quantitative estimate of drug-likeness (QED) is 0.624. The number of benzene rings is 1. The van der Waals surface area contributed by atoms with E-state index in [1.54, 1.807) is 18.2 Å². The first-order chi connectivity index (χ1) is 13.5. The molecule has 0 aliphatic heterocycles. The Morgan fingerprint density at radius 2 is 1.96 bits per heavy atom. The average molecular weight is 387 g/mol. The van der Waals surface area contributed by atoms with Crippen LogP contribution in [0, 0.1) is 0 Å². The van der Waals surface area contributed by atoms with Crippen molar-refractivity contribution in [3.63, 3.8) is 0 Å². The summed E-state index contributed by atoms with van der Waals surface area (Å²) >= 11 is 0. The van der Waals surface area contributed by atoms with E-state index in [1.165, 1.54) is 32.2 Å². The Kier molecular flexibility index (Phi) is 5.25. The highest BCUT2D eigenvalue weighted by molar-refractivity contribution is 5.90. The van der Waals surface area contributed by atoms with Crippen LogP contribution in [0.2, 0.25) is 0 Å². The van der Waals surface area contributed by atoms with Crippen molar-refractivity contribution in [1.82, 2.24) is 19.7 Å². The maximum atomic E-state index is 11.8. The molecule has 0 spiro atoms. The van der Waals surface area contributed by atoms with Gasteiger partial charge in [0.15, 0.2) is 0 Å². The van der Waals surface area contributed by atoms with E-state index in [2.05, 4.69) is 25.1 Å². The predicted octanol–water partition coefficient (Wildman–Crippen LogP) is 1.55. The summed E-state index contributed by atoms with van der Waals surface area (Å²) in [7, 11) is 3.99. The number of rotatable bonds is 5. The van der Waals surface area contributed by atoms with E-state index in [9.17, 15) is 14.7 Å². The lowest BCUT2D eigenvalue weighted by molar-refractivity contribution is 0.0600. The second-order valence-corrected chi connectivity index (χ2v) is 5.54. The molecule has 0 saturated heterocycles. The van der Waals surface area contributed by atoms with Crippen molar-refractivity contribution in [1.29, 1.82) is 0 Å². The van der Waals surface area contributed by atoms with Gasteiger partial charge >= 0.3 is 12.1 Å². The largest absolute Gasteiger partial charge is 0.496 e. The van der Waals surface area contributed by atoms with Gasteiger partial charge in [-0.2, -0.15) is 10.1 Å². The van der Waals surface area contributed by atoms with E-state index < -0.39 is 12.1 Å². The molecular formula is C17H17N5O6. The number of carbonyl (C=O) groups is 2. The van der Waals surface area contributed by atoms with E-state index in [0.29, 0.717) is 22.4 Å². The lowest BCUT2D eigenvalue weighted by Gasteiger charge is -2.11. The Balaban J connectivity index is 1.99. The van der Waals surface area contributed by atoms with E-state index in [0.717, 1.165) is 0 Å². The van der Waals surface area contributed by atoms with E-state index >= 15 is 0 Å². The number of ether oxygens (including phenoxy) is 3. The number of aromatic nitrogens is 4. The zero-order valence-corrected chi connectivity index (χ0v) is 15.3. The number of hydrogen-bond acceptors (Lipinski definition) is 9. The molecule has 0 fully saturated rings. The molecule has 0 atom stereocenters. The standard InChI is InChI=1S/C17H17N5O6/c1-26-12-5-4-9(15(24)27-2)6-10(12)8-22-13-11(7-18-22)19-16(20-14(13)23)21-17(25)28-3/h4-7H,8H2,1-3H3,(H2,19,20,21,23,25). The summed E-state index contributed by atoms with van der Waals surface area (Å²) in [4.78, 5) is 31.0. The number of nitrogens with zero attached hydrogens (tertiary/aromatic N) is 4. The highest BCUT2D eigenvalue weighted by atomic mass is 16.5. The van der Waals surface area contributed by atoms with Gasteiger partial charge in [0.25, 0.3) is 0 Å². The zero-order valence-electron chi connectivity index (χ0n) is 15.3. The molecule has 3 rings (SSSR count). The number of nitrogens with one attached hydrogen (secondary N) is 1. The van der Waals surface area contributed by atoms with Gasteiger partial charge in [0.1, 0.15) is 16.8 Å². The highest BCUT2D eigenvalue weighted by Crippen LogP contribution is 2.26. The minimum atomic E-state index is -0.768. The van der Waals surface area contributed by atoms with Gasteiger partial charge in [-0.25, -0.2) is 14.6 Å². The molecule has 0 saturated carbocycles. The van der Waals surface area contributed by atoms with Crippen LogP contribution in [0.25, 0.3) is 11.0 Å². The third-order valence-corrected chi connectivity index (χ3v) is 3.89. The maximum Gasteiger partial charge on any atom is 0.413 e. The Bertz CT molecular complexity index is 1050. The topological polar surface area (TPSA) is 138 Å². The van der Waals surface area contributed by atoms with Crippen LogP contribution >= 0.6 is 0 Å². The summed E-state index contributed by atoms with van der Waals surface area (Å²) in [5.74, 6) is -0.460. The molecule has 146 valence electrons. The van der Waals surface area contributed by atoms with Crippen LogP contribution in [0.1, 0.15) is 15.9 Å². The molecule has 0 radical (unpaired) electrons. The minimum Gasteiger partial charge on any atom is -0.496 e. The maximum absolute atomic E-state index is 11.8. The molecular weight excluding hydrogens is 370 g/mol. The molecule has 1 amide bonds. The third-order valence-electron chi connectivity index (χ3n) is 3.89. The molecule has 11 nitrogen and oxygen atoms in total. The molecule has 2 aromatic heterocycles. The number of esters is 1. The number of aromatic hydroxyl groups is 1. The van der Waals surface area contributed by atoms with E-state index in [4.69, 9.17) is 9.47 Å². The van der Waals surface area contributed by atoms with Gasteiger partial charge < -0.3 is 19.3 Å². The summed E-state index contributed by atoms with van der Waals surface area (Å²) in [5.41, 5.74) is 1.54.